The van der Waals surface area contributed by atoms with Gasteiger partial charge in [-0.05, 0) is 46.2 Å². The molecule has 2 amide bonds. The van der Waals surface area contributed by atoms with Gasteiger partial charge in [0.2, 0.25) is 0 Å². The Morgan fingerprint density at radius 1 is 1.30 bits per heavy atom. The van der Waals surface area contributed by atoms with Gasteiger partial charge in [-0.25, -0.2) is 4.79 Å². The van der Waals surface area contributed by atoms with Gasteiger partial charge in [-0.1, -0.05) is 25.1 Å². The molecule has 1 fully saturated rings. The fraction of sp³-hybridized carbons (Fsp3) is 0.556. The summed E-state index contributed by atoms with van der Waals surface area (Å²) in [6.07, 6.45) is 0.394. The van der Waals surface area contributed by atoms with Crippen molar-refractivity contribution >= 4 is 17.7 Å². The number of carbonyl (C=O) groups is 2. The third-order valence-electron chi connectivity index (χ3n) is 4.36. The number of nitrogens with zero attached hydrogens (tertiary/aromatic N) is 1. The second kappa shape index (κ2) is 6.22. The second-order valence-corrected chi connectivity index (χ2v) is 7.16. The number of para-hydroxylation sites is 1. The summed E-state index contributed by atoms with van der Waals surface area (Å²) >= 11 is 0. The molecule has 1 aromatic carbocycles. The highest BCUT2D eigenvalue weighted by atomic mass is 16.6. The van der Waals surface area contributed by atoms with Crippen molar-refractivity contribution in [2.24, 2.45) is 5.92 Å². The van der Waals surface area contributed by atoms with E-state index in [9.17, 15) is 9.59 Å². The van der Waals surface area contributed by atoms with Crippen LogP contribution in [0.4, 0.5) is 10.5 Å². The smallest absolute Gasteiger partial charge is 0.411 e. The lowest BCUT2D eigenvalue weighted by molar-refractivity contribution is -0.144. The van der Waals surface area contributed by atoms with Gasteiger partial charge in [-0.15, -0.1) is 0 Å². The first-order chi connectivity index (χ1) is 10.7. The minimum absolute atomic E-state index is 0.124. The zero-order chi connectivity index (χ0) is 17.3. The summed E-state index contributed by atoms with van der Waals surface area (Å²) < 4.78 is 5.44. The molecule has 2 rings (SSSR count). The quantitative estimate of drug-likeness (QED) is 0.925. The number of nitrogens with one attached hydrogen (secondary N) is 1. The van der Waals surface area contributed by atoms with E-state index in [1.807, 2.05) is 65.0 Å². The zero-order valence-electron chi connectivity index (χ0n) is 14.6. The lowest BCUT2D eigenvalue weighted by Crippen LogP contribution is -2.72. The highest BCUT2D eigenvalue weighted by Crippen LogP contribution is 2.40. The number of amides is 2. The normalized spacial score (nSPS) is 23.9. The van der Waals surface area contributed by atoms with E-state index in [4.69, 9.17) is 4.74 Å². The largest absolute Gasteiger partial charge is 0.444 e. The van der Waals surface area contributed by atoms with Gasteiger partial charge in [-0.3, -0.25) is 9.69 Å². The number of hydrogen-bond acceptors (Lipinski definition) is 3. The van der Waals surface area contributed by atoms with Gasteiger partial charge in [0.05, 0.1) is 0 Å². The highest BCUT2D eigenvalue weighted by Gasteiger charge is 2.57. The first-order valence-corrected chi connectivity index (χ1v) is 8.05. The lowest BCUT2D eigenvalue weighted by atomic mass is 9.73. The number of ether oxygens (including phenoxy) is 1. The van der Waals surface area contributed by atoms with Crippen LogP contribution in [-0.4, -0.2) is 34.6 Å². The monoisotopic (exact) mass is 318 g/mol. The van der Waals surface area contributed by atoms with Crippen LogP contribution in [0.3, 0.4) is 0 Å². The predicted octanol–water partition coefficient (Wildman–Crippen LogP) is 3.66. The van der Waals surface area contributed by atoms with Crippen LogP contribution in [0.5, 0.6) is 0 Å². The fourth-order valence-electron chi connectivity index (χ4n) is 2.89. The van der Waals surface area contributed by atoms with Crippen molar-refractivity contribution in [1.29, 1.82) is 0 Å². The summed E-state index contributed by atoms with van der Waals surface area (Å²) in [5.74, 6) is -0.0496. The van der Waals surface area contributed by atoms with Crippen LogP contribution in [-0.2, 0) is 9.53 Å². The number of rotatable bonds is 3. The van der Waals surface area contributed by atoms with Gasteiger partial charge in [0.15, 0.2) is 0 Å². The zero-order valence-corrected chi connectivity index (χ0v) is 14.6. The fourth-order valence-corrected chi connectivity index (χ4v) is 2.89. The van der Waals surface area contributed by atoms with E-state index in [0.717, 1.165) is 12.1 Å². The summed E-state index contributed by atoms with van der Waals surface area (Å²) in [6, 6.07) is 9.28. The third kappa shape index (κ3) is 3.49. The Bertz CT molecular complexity index is 580. The molecule has 5 nitrogen and oxygen atoms in total. The Morgan fingerprint density at radius 3 is 2.43 bits per heavy atom. The molecule has 1 saturated heterocycles. The maximum atomic E-state index is 12.8. The highest BCUT2D eigenvalue weighted by molar-refractivity contribution is 6.01. The van der Waals surface area contributed by atoms with E-state index in [1.165, 1.54) is 4.90 Å². The standard InChI is InChI=1S/C18H26N2O3/c1-6-13-12-20(16(22)23-17(2,3)4)18(13,5)15(21)19-14-10-8-7-9-11-14/h7-11,13H,6,12H2,1-5H3,(H,19,21)/t13-,18?/m0/s1. The van der Waals surface area contributed by atoms with Crippen LogP contribution in [0.1, 0.15) is 41.0 Å². The average Bonchev–Trinajstić information content (AvgIpc) is 2.44. The Kier molecular flexibility index (Phi) is 4.68. The molecule has 23 heavy (non-hydrogen) atoms. The molecular formula is C18H26N2O3. The van der Waals surface area contributed by atoms with Crippen LogP contribution in [0.25, 0.3) is 0 Å². The Balaban J connectivity index is 2.16. The summed E-state index contributed by atoms with van der Waals surface area (Å²) in [7, 11) is 0. The summed E-state index contributed by atoms with van der Waals surface area (Å²) in [5.41, 5.74) is -0.734. The van der Waals surface area contributed by atoms with E-state index >= 15 is 0 Å². The molecule has 0 radical (unpaired) electrons. The van der Waals surface area contributed by atoms with Crippen LogP contribution < -0.4 is 5.32 Å². The summed E-state index contributed by atoms with van der Waals surface area (Å²) in [6.45, 7) is 9.86. The van der Waals surface area contributed by atoms with Gasteiger partial charge in [-0.2, -0.15) is 0 Å². The Morgan fingerprint density at radius 2 is 1.91 bits per heavy atom. The molecule has 0 bridgehead atoms. The summed E-state index contributed by atoms with van der Waals surface area (Å²) in [4.78, 5) is 26.7. The molecule has 1 heterocycles. The van der Waals surface area contributed by atoms with E-state index in [2.05, 4.69) is 5.32 Å². The first kappa shape index (κ1) is 17.3. The maximum Gasteiger partial charge on any atom is 0.411 e. The van der Waals surface area contributed by atoms with Crippen molar-refractivity contribution in [2.45, 2.75) is 52.2 Å². The number of likely N-dealkylation sites (tertiary alicyclic amines) is 1. The van der Waals surface area contributed by atoms with Gasteiger partial charge < -0.3 is 10.1 Å². The minimum Gasteiger partial charge on any atom is -0.444 e. The molecule has 0 aliphatic carbocycles. The van der Waals surface area contributed by atoms with Crippen LogP contribution >= 0.6 is 0 Å². The molecule has 1 aliphatic heterocycles. The van der Waals surface area contributed by atoms with Crippen LogP contribution in [0.2, 0.25) is 0 Å². The Labute approximate surface area is 138 Å². The molecule has 1 aromatic rings. The molecule has 126 valence electrons. The van der Waals surface area contributed by atoms with Crippen molar-refractivity contribution in [1.82, 2.24) is 4.90 Å². The second-order valence-electron chi connectivity index (χ2n) is 7.16. The van der Waals surface area contributed by atoms with Gasteiger partial charge >= 0.3 is 6.09 Å². The number of carbonyl (C=O) groups excluding carboxylic acids is 2. The van der Waals surface area contributed by atoms with Gasteiger partial charge in [0, 0.05) is 18.2 Å². The minimum atomic E-state index is -0.882. The van der Waals surface area contributed by atoms with E-state index in [0.29, 0.717) is 6.54 Å². The molecule has 0 aromatic heterocycles. The number of hydrogen-bond donors (Lipinski definition) is 1. The van der Waals surface area contributed by atoms with Crippen LogP contribution in [0, 0.1) is 5.92 Å². The first-order valence-electron chi connectivity index (χ1n) is 8.05. The molecule has 1 N–H and O–H groups in total. The molecule has 2 atom stereocenters. The van der Waals surface area contributed by atoms with E-state index in [1.54, 1.807) is 0 Å². The van der Waals surface area contributed by atoms with Crippen molar-refractivity contribution in [3.8, 4) is 0 Å². The molecule has 1 aliphatic rings. The topological polar surface area (TPSA) is 58.6 Å². The molecule has 0 saturated carbocycles. The molecule has 1 unspecified atom stereocenters. The van der Waals surface area contributed by atoms with Gasteiger partial charge in [0.1, 0.15) is 11.1 Å². The predicted molar refractivity (Wildman–Crippen MR) is 90.2 cm³/mol. The van der Waals surface area contributed by atoms with Crippen molar-refractivity contribution in [3.63, 3.8) is 0 Å². The van der Waals surface area contributed by atoms with Crippen LogP contribution in [0.15, 0.2) is 30.3 Å². The molecular weight excluding hydrogens is 292 g/mol. The maximum absolute atomic E-state index is 12.8. The summed E-state index contributed by atoms with van der Waals surface area (Å²) in [5, 5.41) is 2.91. The SMILES string of the molecule is CC[C@H]1CN(C(=O)OC(C)(C)C)C1(C)C(=O)Nc1ccccc1. The molecule has 5 heteroatoms. The number of benzene rings is 1. The Hall–Kier alpha value is -2.04. The third-order valence-corrected chi connectivity index (χ3v) is 4.36. The number of anilines is 1. The van der Waals surface area contributed by atoms with Crippen molar-refractivity contribution in [2.75, 3.05) is 11.9 Å². The van der Waals surface area contributed by atoms with E-state index < -0.39 is 17.2 Å². The lowest BCUT2D eigenvalue weighted by Gasteiger charge is -2.54. The van der Waals surface area contributed by atoms with Crippen molar-refractivity contribution < 1.29 is 14.3 Å². The average molecular weight is 318 g/mol. The van der Waals surface area contributed by atoms with E-state index in [-0.39, 0.29) is 11.8 Å². The van der Waals surface area contributed by atoms with Gasteiger partial charge in [0.25, 0.3) is 5.91 Å². The van der Waals surface area contributed by atoms with Crippen molar-refractivity contribution in [3.05, 3.63) is 30.3 Å². The molecule has 0 spiro atoms.